The Balaban J connectivity index is 0.00000341. The molecule has 1 heterocycles. The van der Waals surface area contributed by atoms with Gasteiger partial charge in [0.1, 0.15) is 18.1 Å². The standard InChI is InChI=1S/C22H34N6O2.HI/c1-17-25-26-21(28(17)3)15-24-22(27(2)13-14-30-16-19-5-6-19)23-12-11-18-7-9-20(29-4)10-8-18;/h7-10,19H,5-6,11-16H2,1-4H3,(H,23,24);1H. The smallest absolute Gasteiger partial charge is 0.194 e. The number of benzene rings is 1. The zero-order valence-electron chi connectivity index (χ0n) is 19.0. The molecule has 3 rings (SSSR count). The van der Waals surface area contributed by atoms with Gasteiger partial charge in [-0.15, -0.1) is 34.2 Å². The average Bonchev–Trinajstić information content (AvgIpc) is 3.54. The predicted octanol–water partition coefficient (Wildman–Crippen LogP) is 2.80. The minimum atomic E-state index is 0. The van der Waals surface area contributed by atoms with Crippen molar-refractivity contribution in [2.24, 2.45) is 18.0 Å². The van der Waals surface area contributed by atoms with Gasteiger partial charge in [-0.05, 0) is 49.8 Å². The molecule has 172 valence electrons. The Morgan fingerprint density at radius 3 is 2.61 bits per heavy atom. The number of halogens is 1. The van der Waals surface area contributed by atoms with Gasteiger partial charge in [0.25, 0.3) is 0 Å². The molecule has 1 aliphatic carbocycles. The molecule has 0 amide bonds. The SMILES string of the molecule is COc1ccc(CCNC(=NCc2nnc(C)n2C)N(C)CCOCC2CC2)cc1.I. The number of aliphatic imine (C=N–C) groups is 1. The number of guanidine groups is 1. The summed E-state index contributed by atoms with van der Waals surface area (Å²) in [5.74, 6) is 4.24. The van der Waals surface area contributed by atoms with Gasteiger partial charge in [-0.2, -0.15) is 0 Å². The molecule has 0 unspecified atom stereocenters. The predicted molar refractivity (Wildman–Crippen MR) is 133 cm³/mol. The first-order valence-electron chi connectivity index (χ1n) is 10.6. The lowest BCUT2D eigenvalue weighted by molar-refractivity contribution is 0.115. The van der Waals surface area contributed by atoms with E-state index in [1.54, 1.807) is 7.11 Å². The van der Waals surface area contributed by atoms with Gasteiger partial charge in [-0.3, -0.25) is 0 Å². The molecule has 0 atom stereocenters. The maximum Gasteiger partial charge on any atom is 0.194 e. The van der Waals surface area contributed by atoms with E-state index in [-0.39, 0.29) is 24.0 Å². The van der Waals surface area contributed by atoms with Gasteiger partial charge in [0.2, 0.25) is 0 Å². The van der Waals surface area contributed by atoms with E-state index in [0.717, 1.165) is 55.4 Å². The first-order chi connectivity index (χ1) is 14.6. The molecule has 0 radical (unpaired) electrons. The Kier molecular flexibility index (Phi) is 10.5. The van der Waals surface area contributed by atoms with Crippen molar-refractivity contribution in [2.75, 3.05) is 40.5 Å². The highest BCUT2D eigenvalue weighted by molar-refractivity contribution is 14.0. The summed E-state index contributed by atoms with van der Waals surface area (Å²) in [6.45, 7) is 5.58. The topological polar surface area (TPSA) is 76.8 Å². The summed E-state index contributed by atoms with van der Waals surface area (Å²) in [7, 11) is 5.69. The highest BCUT2D eigenvalue weighted by Crippen LogP contribution is 2.28. The van der Waals surface area contributed by atoms with Crippen LogP contribution in [0, 0.1) is 12.8 Å². The van der Waals surface area contributed by atoms with Crippen molar-refractivity contribution in [3.8, 4) is 5.75 Å². The number of hydrogen-bond donors (Lipinski definition) is 1. The molecule has 9 heteroatoms. The number of likely N-dealkylation sites (N-methyl/N-ethyl adjacent to an activating group) is 1. The van der Waals surface area contributed by atoms with Crippen LogP contribution in [0.5, 0.6) is 5.75 Å². The van der Waals surface area contributed by atoms with Crippen LogP contribution in [-0.2, 0) is 24.8 Å². The number of hydrogen-bond acceptors (Lipinski definition) is 5. The van der Waals surface area contributed by atoms with Crippen molar-refractivity contribution in [2.45, 2.75) is 32.7 Å². The second kappa shape index (κ2) is 12.8. The third kappa shape index (κ3) is 8.29. The Morgan fingerprint density at radius 2 is 2.00 bits per heavy atom. The first kappa shape index (κ1) is 25.4. The van der Waals surface area contributed by atoms with E-state index >= 15 is 0 Å². The molecule has 1 saturated carbocycles. The lowest BCUT2D eigenvalue weighted by atomic mass is 10.1. The van der Waals surface area contributed by atoms with Gasteiger partial charge in [0.15, 0.2) is 11.8 Å². The lowest BCUT2D eigenvalue weighted by Gasteiger charge is -2.22. The summed E-state index contributed by atoms with van der Waals surface area (Å²) in [5, 5.41) is 11.8. The van der Waals surface area contributed by atoms with Crippen LogP contribution < -0.4 is 10.1 Å². The molecule has 1 aliphatic rings. The third-order valence-electron chi connectivity index (χ3n) is 5.39. The molecule has 1 aromatic carbocycles. The van der Waals surface area contributed by atoms with Crippen molar-refractivity contribution in [1.82, 2.24) is 25.0 Å². The number of rotatable bonds is 11. The first-order valence-corrected chi connectivity index (χ1v) is 10.6. The zero-order chi connectivity index (χ0) is 21.3. The Bertz CT molecular complexity index is 820. The van der Waals surface area contributed by atoms with E-state index in [4.69, 9.17) is 14.5 Å². The van der Waals surface area contributed by atoms with Gasteiger partial charge in [-0.25, -0.2) is 4.99 Å². The summed E-state index contributed by atoms with van der Waals surface area (Å²) in [5.41, 5.74) is 1.25. The second-order valence-corrected chi connectivity index (χ2v) is 7.83. The van der Waals surface area contributed by atoms with Crippen LogP contribution in [0.4, 0.5) is 0 Å². The van der Waals surface area contributed by atoms with Crippen LogP contribution in [0.1, 0.15) is 30.1 Å². The lowest BCUT2D eigenvalue weighted by Crippen LogP contribution is -2.41. The van der Waals surface area contributed by atoms with Crippen LogP contribution in [0.2, 0.25) is 0 Å². The third-order valence-corrected chi connectivity index (χ3v) is 5.39. The molecule has 8 nitrogen and oxygen atoms in total. The molecule has 0 bridgehead atoms. The minimum Gasteiger partial charge on any atom is -0.497 e. The highest BCUT2D eigenvalue weighted by atomic mass is 127. The Labute approximate surface area is 202 Å². The Morgan fingerprint density at radius 1 is 1.26 bits per heavy atom. The monoisotopic (exact) mass is 542 g/mol. The molecule has 0 spiro atoms. The van der Waals surface area contributed by atoms with Crippen molar-refractivity contribution in [3.05, 3.63) is 41.5 Å². The van der Waals surface area contributed by atoms with Gasteiger partial charge < -0.3 is 24.3 Å². The number of aryl methyl sites for hydroxylation is 1. The maximum atomic E-state index is 5.80. The van der Waals surface area contributed by atoms with Crippen LogP contribution in [0.15, 0.2) is 29.3 Å². The quantitative estimate of drug-likeness (QED) is 0.204. The van der Waals surface area contributed by atoms with E-state index in [0.29, 0.717) is 13.2 Å². The van der Waals surface area contributed by atoms with Crippen molar-refractivity contribution in [1.29, 1.82) is 0 Å². The second-order valence-electron chi connectivity index (χ2n) is 7.83. The number of nitrogens with one attached hydrogen (secondary N) is 1. The van der Waals surface area contributed by atoms with Gasteiger partial charge in [-0.1, -0.05) is 12.1 Å². The van der Waals surface area contributed by atoms with E-state index < -0.39 is 0 Å². The molecule has 0 aliphatic heterocycles. The van der Waals surface area contributed by atoms with Crippen molar-refractivity contribution in [3.63, 3.8) is 0 Å². The number of aromatic nitrogens is 3. The van der Waals surface area contributed by atoms with Crippen molar-refractivity contribution < 1.29 is 9.47 Å². The van der Waals surface area contributed by atoms with Gasteiger partial charge >= 0.3 is 0 Å². The van der Waals surface area contributed by atoms with Crippen LogP contribution >= 0.6 is 24.0 Å². The summed E-state index contributed by atoms with van der Waals surface area (Å²) < 4.78 is 13.0. The average molecular weight is 542 g/mol. The van der Waals surface area contributed by atoms with E-state index in [9.17, 15) is 0 Å². The van der Waals surface area contributed by atoms with E-state index in [1.165, 1.54) is 18.4 Å². The highest BCUT2D eigenvalue weighted by Gasteiger charge is 2.21. The fraction of sp³-hybridized carbons (Fsp3) is 0.591. The van der Waals surface area contributed by atoms with E-state index in [1.807, 2.05) is 37.7 Å². The fourth-order valence-corrected chi connectivity index (χ4v) is 3.00. The number of nitrogens with zero attached hydrogens (tertiary/aromatic N) is 5. The molecule has 0 saturated heterocycles. The summed E-state index contributed by atoms with van der Waals surface area (Å²) >= 11 is 0. The largest absolute Gasteiger partial charge is 0.497 e. The minimum absolute atomic E-state index is 0. The molecule has 1 aromatic heterocycles. The van der Waals surface area contributed by atoms with Crippen molar-refractivity contribution >= 4 is 29.9 Å². The van der Waals surface area contributed by atoms with Gasteiger partial charge in [0.05, 0.1) is 13.7 Å². The summed E-state index contributed by atoms with van der Waals surface area (Å²) in [4.78, 5) is 6.90. The van der Waals surface area contributed by atoms with Crippen LogP contribution in [-0.4, -0.2) is 66.1 Å². The fourth-order valence-electron chi connectivity index (χ4n) is 3.00. The van der Waals surface area contributed by atoms with Gasteiger partial charge in [0, 0.05) is 33.8 Å². The zero-order valence-corrected chi connectivity index (χ0v) is 21.3. The Hall–Kier alpha value is -1.88. The van der Waals surface area contributed by atoms with Crippen LogP contribution in [0.25, 0.3) is 0 Å². The molecular formula is C22H35IN6O2. The molecule has 1 fully saturated rings. The van der Waals surface area contributed by atoms with E-state index in [2.05, 4.69) is 32.5 Å². The number of methoxy groups -OCH3 is 1. The summed E-state index contributed by atoms with van der Waals surface area (Å²) in [6.07, 6.45) is 3.53. The molecule has 31 heavy (non-hydrogen) atoms. The maximum absolute atomic E-state index is 5.80. The molecule has 1 N–H and O–H groups in total. The molecule has 2 aromatic rings. The van der Waals surface area contributed by atoms with Crippen LogP contribution in [0.3, 0.4) is 0 Å². The summed E-state index contributed by atoms with van der Waals surface area (Å²) in [6, 6.07) is 8.17. The normalized spacial score (nSPS) is 13.6. The molecular weight excluding hydrogens is 507 g/mol. The number of ether oxygens (including phenoxy) is 2.